The predicted molar refractivity (Wildman–Crippen MR) is 81.5 cm³/mol. The van der Waals surface area contributed by atoms with Gasteiger partial charge in [0, 0.05) is 18.8 Å². The summed E-state index contributed by atoms with van der Waals surface area (Å²) in [5.74, 6) is -0.682. The van der Waals surface area contributed by atoms with Gasteiger partial charge in [0.25, 0.3) is 0 Å². The number of amides is 1. The molecule has 20 heavy (non-hydrogen) atoms. The molecule has 112 valence electrons. The number of hydrogen-bond acceptors (Lipinski definition) is 3. The highest BCUT2D eigenvalue weighted by Crippen LogP contribution is 2.24. The molecule has 3 N–H and O–H groups in total. The summed E-state index contributed by atoms with van der Waals surface area (Å²) in [4.78, 5) is 13.8. The minimum absolute atomic E-state index is 0.192. The normalized spacial score (nSPS) is 14.0. The first-order valence-corrected chi connectivity index (χ1v) is 6.81. The molecular weight excluding hydrogens is 257 g/mol. The highest BCUT2D eigenvalue weighted by atomic mass is 19.1. The molecule has 0 saturated carbocycles. The summed E-state index contributed by atoms with van der Waals surface area (Å²) in [6, 6.07) is 4.85. The first-order valence-electron chi connectivity index (χ1n) is 6.81. The van der Waals surface area contributed by atoms with E-state index in [1.54, 1.807) is 19.1 Å². The number of hydrogen-bond donors (Lipinski definition) is 2. The fourth-order valence-corrected chi connectivity index (χ4v) is 1.58. The fourth-order valence-electron chi connectivity index (χ4n) is 1.58. The molecule has 1 amide bonds. The van der Waals surface area contributed by atoms with Crippen LogP contribution in [-0.2, 0) is 4.79 Å². The number of rotatable bonds is 5. The second kappa shape index (κ2) is 6.22. The first kappa shape index (κ1) is 16.4. The molecule has 0 radical (unpaired) electrons. The van der Waals surface area contributed by atoms with Crippen molar-refractivity contribution in [2.24, 2.45) is 5.73 Å². The van der Waals surface area contributed by atoms with Crippen molar-refractivity contribution in [3.63, 3.8) is 0 Å². The van der Waals surface area contributed by atoms with Crippen LogP contribution in [0.15, 0.2) is 18.2 Å². The molecule has 1 unspecified atom stereocenters. The highest BCUT2D eigenvalue weighted by molar-refractivity contribution is 5.97. The maximum absolute atomic E-state index is 14.1. The number of benzene rings is 1. The second-order valence-electron chi connectivity index (χ2n) is 5.60. The maximum Gasteiger partial charge on any atom is 0.244 e. The van der Waals surface area contributed by atoms with Crippen molar-refractivity contribution in [1.82, 2.24) is 0 Å². The zero-order valence-corrected chi connectivity index (χ0v) is 12.8. The molecule has 0 aromatic heterocycles. The zero-order valence-electron chi connectivity index (χ0n) is 12.8. The number of carbonyl (C=O) groups excluding carboxylic acids is 1. The van der Waals surface area contributed by atoms with Crippen LogP contribution >= 0.6 is 0 Å². The van der Waals surface area contributed by atoms with Crippen LogP contribution < -0.4 is 16.0 Å². The van der Waals surface area contributed by atoms with E-state index >= 15 is 0 Å². The third kappa shape index (κ3) is 3.70. The first-order chi connectivity index (χ1) is 9.19. The van der Waals surface area contributed by atoms with E-state index in [9.17, 15) is 9.18 Å². The molecule has 0 bridgehead atoms. The SMILES string of the molecule is CCC(C)(N)C(=O)Nc1ccc(N(C)C(C)C)c(F)c1. The van der Waals surface area contributed by atoms with Crippen molar-refractivity contribution < 1.29 is 9.18 Å². The molecule has 4 nitrogen and oxygen atoms in total. The fraction of sp³-hybridized carbons (Fsp3) is 0.533. The highest BCUT2D eigenvalue weighted by Gasteiger charge is 2.26. The third-order valence-corrected chi connectivity index (χ3v) is 3.61. The Hall–Kier alpha value is -1.62. The summed E-state index contributed by atoms with van der Waals surface area (Å²) in [5, 5.41) is 2.65. The van der Waals surface area contributed by atoms with E-state index in [0.29, 0.717) is 17.8 Å². The number of nitrogens with one attached hydrogen (secondary N) is 1. The van der Waals surface area contributed by atoms with E-state index in [0.717, 1.165) is 0 Å². The van der Waals surface area contributed by atoms with E-state index in [2.05, 4.69) is 5.32 Å². The number of anilines is 2. The maximum atomic E-state index is 14.1. The molecule has 0 spiro atoms. The number of carbonyl (C=O) groups is 1. The molecule has 0 heterocycles. The number of nitrogens with zero attached hydrogens (tertiary/aromatic N) is 1. The Morgan fingerprint density at radius 1 is 1.50 bits per heavy atom. The summed E-state index contributed by atoms with van der Waals surface area (Å²) < 4.78 is 14.1. The summed E-state index contributed by atoms with van der Waals surface area (Å²) >= 11 is 0. The molecule has 5 heteroatoms. The Balaban J connectivity index is 2.91. The van der Waals surface area contributed by atoms with Crippen LogP contribution in [0.2, 0.25) is 0 Å². The Morgan fingerprint density at radius 2 is 2.10 bits per heavy atom. The van der Waals surface area contributed by atoms with Gasteiger partial charge in [-0.2, -0.15) is 0 Å². The van der Waals surface area contributed by atoms with Crippen LogP contribution in [0.3, 0.4) is 0 Å². The molecule has 1 atom stereocenters. The van der Waals surface area contributed by atoms with Gasteiger partial charge in [-0.15, -0.1) is 0 Å². The minimum Gasteiger partial charge on any atom is -0.370 e. The van der Waals surface area contributed by atoms with Crippen LogP contribution in [-0.4, -0.2) is 24.5 Å². The molecule has 0 fully saturated rings. The van der Waals surface area contributed by atoms with Gasteiger partial charge in [0.2, 0.25) is 5.91 Å². The van der Waals surface area contributed by atoms with Gasteiger partial charge in [0.05, 0.1) is 11.2 Å². The van der Waals surface area contributed by atoms with Gasteiger partial charge in [0.1, 0.15) is 5.82 Å². The van der Waals surface area contributed by atoms with Gasteiger partial charge >= 0.3 is 0 Å². The van der Waals surface area contributed by atoms with Gasteiger partial charge in [-0.1, -0.05) is 6.92 Å². The van der Waals surface area contributed by atoms with Gasteiger partial charge in [-0.25, -0.2) is 4.39 Å². The predicted octanol–water partition coefficient (Wildman–Crippen LogP) is 2.74. The van der Waals surface area contributed by atoms with Crippen LogP contribution in [0.25, 0.3) is 0 Å². The molecule has 0 aliphatic heterocycles. The quantitative estimate of drug-likeness (QED) is 0.872. The molecule has 0 aliphatic rings. The van der Waals surface area contributed by atoms with Crippen LogP contribution in [0, 0.1) is 5.82 Å². The lowest BCUT2D eigenvalue weighted by molar-refractivity contribution is -0.120. The topological polar surface area (TPSA) is 58.4 Å². The van der Waals surface area contributed by atoms with Gasteiger partial charge in [-0.3, -0.25) is 4.79 Å². The average Bonchev–Trinajstić information content (AvgIpc) is 2.37. The van der Waals surface area contributed by atoms with Crippen molar-refractivity contribution in [3.05, 3.63) is 24.0 Å². The summed E-state index contributed by atoms with van der Waals surface area (Å²) in [7, 11) is 1.83. The van der Waals surface area contributed by atoms with Crippen LogP contribution in [0.1, 0.15) is 34.1 Å². The smallest absolute Gasteiger partial charge is 0.244 e. The van der Waals surface area contributed by atoms with E-state index < -0.39 is 5.54 Å². The van der Waals surface area contributed by atoms with E-state index in [1.165, 1.54) is 6.07 Å². The van der Waals surface area contributed by atoms with Gasteiger partial charge < -0.3 is 16.0 Å². The monoisotopic (exact) mass is 281 g/mol. The second-order valence-corrected chi connectivity index (χ2v) is 5.60. The Morgan fingerprint density at radius 3 is 2.55 bits per heavy atom. The van der Waals surface area contributed by atoms with Crippen molar-refractivity contribution in [1.29, 1.82) is 0 Å². The lowest BCUT2D eigenvalue weighted by atomic mass is 9.99. The van der Waals surface area contributed by atoms with E-state index in [-0.39, 0.29) is 17.8 Å². The number of halogens is 1. The van der Waals surface area contributed by atoms with Crippen LogP contribution in [0.5, 0.6) is 0 Å². The third-order valence-electron chi connectivity index (χ3n) is 3.61. The Bertz CT molecular complexity index is 486. The van der Waals surface area contributed by atoms with Crippen molar-refractivity contribution in [2.75, 3.05) is 17.3 Å². The van der Waals surface area contributed by atoms with Crippen molar-refractivity contribution in [3.8, 4) is 0 Å². The standard InChI is InChI=1S/C15H24FN3O/c1-6-15(4,17)14(20)18-11-7-8-13(12(16)9-11)19(5)10(2)3/h7-10H,6,17H2,1-5H3,(H,18,20). The average molecular weight is 281 g/mol. The Labute approximate surface area is 120 Å². The zero-order chi connectivity index (χ0) is 15.5. The largest absolute Gasteiger partial charge is 0.370 e. The summed E-state index contributed by atoms with van der Waals surface area (Å²) in [6.45, 7) is 7.45. The molecule has 1 aromatic rings. The Kier molecular flexibility index (Phi) is 5.11. The van der Waals surface area contributed by atoms with Gasteiger partial charge in [-0.05, 0) is 45.4 Å². The lowest BCUT2D eigenvalue weighted by Crippen LogP contribution is -2.47. The minimum atomic E-state index is -0.954. The van der Waals surface area contributed by atoms with Crippen LogP contribution in [0.4, 0.5) is 15.8 Å². The molecule has 0 saturated heterocycles. The summed E-state index contributed by atoms with van der Waals surface area (Å²) in [6.07, 6.45) is 0.509. The van der Waals surface area contributed by atoms with E-state index in [1.807, 2.05) is 32.7 Å². The molecular formula is C15H24FN3O. The molecule has 0 aliphatic carbocycles. The molecule has 1 aromatic carbocycles. The van der Waals surface area contributed by atoms with E-state index in [4.69, 9.17) is 5.73 Å². The lowest BCUT2D eigenvalue weighted by Gasteiger charge is -2.25. The van der Waals surface area contributed by atoms with Crippen molar-refractivity contribution >= 4 is 17.3 Å². The summed E-state index contributed by atoms with van der Waals surface area (Å²) in [5.41, 5.74) is 5.81. The number of nitrogens with two attached hydrogens (primary N) is 1. The molecule has 1 rings (SSSR count). The van der Waals surface area contributed by atoms with Crippen molar-refractivity contribution in [2.45, 2.75) is 45.7 Å². The van der Waals surface area contributed by atoms with Gasteiger partial charge in [0.15, 0.2) is 0 Å².